The smallest absolute Gasteiger partial charge is 0.123 e. The Kier molecular flexibility index (Phi) is 3.68. The van der Waals surface area contributed by atoms with Crippen LogP contribution in [0.5, 0.6) is 5.75 Å². The molecule has 0 amide bonds. The maximum atomic E-state index is 9.93. The van der Waals surface area contributed by atoms with Crippen LogP contribution in [0.4, 0.5) is 0 Å². The molecule has 0 spiro atoms. The lowest BCUT2D eigenvalue weighted by Gasteiger charge is -2.13. The Morgan fingerprint density at radius 2 is 2.17 bits per heavy atom. The number of thiazole rings is 1. The summed E-state index contributed by atoms with van der Waals surface area (Å²) in [5.74, 6) is 0.843. The molecular formula is C14H17NO2S. The number of rotatable bonds is 4. The molecule has 1 N–H and O–H groups in total. The van der Waals surface area contributed by atoms with Gasteiger partial charge in [0.2, 0.25) is 0 Å². The standard InChI is InChI=1S/C14H17NO2S/c1-4-17-11-7-5-6-10(8-11)13-15-9-12(18-13)14(2,3)16/h5-9,16H,4H2,1-3H3. The molecule has 0 aliphatic heterocycles. The van der Waals surface area contributed by atoms with E-state index in [-0.39, 0.29) is 0 Å². The Bertz CT molecular complexity index is 529. The van der Waals surface area contributed by atoms with Crippen LogP contribution in [-0.4, -0.2) is 16.7 Å². The second-order valence-electron chi connectivity index (χ2n) is 4.55. The van der Waals surface area contributed by atoms with E-state index in [1.54, 1.807) is 20.0 Å². The molecule has 2 rings (SSSR count). The van der Waals surface area contributed by atoms with Crippen molar-refractivity contribution in [3.63, 3.8) is 0 Å². The molecule has 0 saturated carbocycles. The van der Waals surface area contributed by atoms with E-state index >= 15 is 0 Å². The highest BCUT2D eigenvalue weighted by atomic mass is 32.1. The molecule has 0 radical (unpaired) electrons. The number of aliphatic hydroxyl groups is 1. The van der Waals surface area contributed by atoms with Crippen LogP contribution in [-0.2, 0) is 5.60 Å². The van der Waals surface area contributed by atoms with Crippen molar-refractivity contribution in [1.29, 1.82) is 0 Å². The molecular weight excluding hydrogens is 246 g/mol. The molecule has 0 saturated heterocycles. The fourth-order valence-corrected chi connectivity index (χ4v) is 2.49. The molecule has 18 heavy (non-hydrogen) atoms. The van der Waals surface area contributed by atoms with E-state index in [9.17, 15) is 5.11 Å². The summed E-state index contributed by atoms with van der Waals surface area (Å²) in [7, 11) is 0. The van der Waals surface area contributed by atoms with E-state index < -0.39 is 5.60 Å². The maximum Gasteiger partial charge on any atom is 0.123 e. The van der Waals surface area contributed by atoms with Crippen molar-refractivity contribution in [3.8, 4) is 16.3 Å². The highest BCUT2D eigenvalue weighted by Gasteiger charge is 2.19. The molecule has 0 unspecified atom stereocenters. The predicted octanol–water partition coefficient (Wildman–Crippen LogP) is 3.44. The second kappa shape index (κ2) is 5.08. The van der Waals surface area contributed by atoms with Gasteiger partial charge in [-0.2, -0.15) is 0 Å². The van der Waals surface area contributed by atoms with Gasteiger partial charge in [0.15, 0.2) is 0 Å². The van der Waals surface area contributed by atoms with E-state index in [2.05, 4.69) is 4.98 Å². The monoisotopic (exact) mass is 263 g/mol. The third kappa shape index (κ3) is 2.89. The summed E-state index contributed by atoms with van der Waals surface area (Å²) in [6, 6.07) is 7.84. The Morgan fingerprint density at radius 3 is 2.78 bits per heavy atom. The van der Waals surface area contributed by atoms with E-state index in [0.717, 1.165) is 21.2 Å². The van der Waals surface area contributed by atoms with Gasteiger partial charge >= 0.3 is 0 Å². The molecule has 0 atom stereocenters. The zero-order chi connectivity index (χ0) is 13.2. The first kappa shape index (κ1) is 13.1. The van der Waals surface area contributed by atoms with Crippen LogP contribution < -0.4 is 4.74 Å². The first-order valence-corrected chi connectivity index (χ1v) is 6.74. The molecule has 0 aliphatic rings. The maximum absolute atomic E-state index is 9.93. The molecule has 1 aromatic carbocycles. The highest BCUT2D eigenvalue weighted by Crippen LogP contribution is 2.32. The molecule has 1 aromatic heterocycles. The van der Waals surface area contributed by atoms with Crippen LogP contribution in [0.1, 0.15) is 25.6 Å². The fourth-order valence-electron chi connectivity index (χ4n) is 1.58. The van der Waals surface area contributed by atoms with E-state index in [4.69, 9.17) is 4.74 Å². The van der Waals surface area contributed by atoms with E-state index in [0.29, 0.717) is 6.61 Å². The van der Waals surface area contributed by atoms with Crippen LogP contribution in [0, 0.1) is 0 Å². The van der Waals surface area contributed by atoms with Gasteiger partial charge in [-0.05, 0) is 32.9 Å². The fraction of sp³-hybridized carbons (Fsp3) is 0.357. The molecule has 1 heterocycles. The third-order valence-corrected chi connectivity index (χ3v) is 3.86. The second-order valence-corrected chi connectivity index (χ2v) is 5.58. The van der Waals surface area contributed by atoms with Crippen LogP contribution in [0.3, 0.4) is 0 Å². The first-order valence-electron chi connectivity index (χ1n) is 5.92. The van der Waals surface area contributed by atoms with Crippen molar-refractivity contribution < 1.29 is 9.84 Å². The van der Waals surface area contributed by atoms with Crippen LogP contribution >= 0.6 is 11.3 Å². The van der Waals surface area contributed by atoms with Crippen LogP contribution in [0.15, 0.2) is 30.5 Å². The van der Waals surface area contributed by atoms with E-state index in [1.165, 1.54) is 11.3 Å². The average Bonchev–Trinajstić information content (AvgIpc) is 2.78. The predicted molar refractivity (Wildman–Crippen MR) is 74.0 cm³/mol. The number of nitrogens with zero attached hydrogens (tertiary/aromatic N) is 1. The van der Waals surface area contributed by atoms with Crippen molar-refractivity contribution in [3.05, 3.63) is 35.3 Å². The highest BCUT2D eigenvalue weighted by molar-refractivity contribution is 7.15. The van der Waals surface area contributed by atoms with Gasteiger partial charge in [0.25, 0.3) is 0 Å². The van der Waals surface area contributed by atoms with Crippen molar-refractivity contribution >= 4 is 11.3 Å². The molecule has 0 fully saturated rings. The van der Waals surface area contributed by atoms with Gasteiger partial charge in [-0.15, -0.1) is 11.3 Å². The van der Waals surface area contributed by atoms with Crippen LogP contribution in [0.2, 0.25) is 0 Å². The van der Waals surface area contributed by atoms with Crippen molar-refractivity contribution in [2.75, 3.05) is 6.61 Å². The summed E-state index contributed by atoms with van der Waals surface area (Å²) in [6.45, 7) is 6.14. The number of aromatic nitrogens is 1. The van der Waals surface area contributed by atoms with Crippen molar-refractivity contribution in [2.45, 2.75) is 26.4 Å². The summed E-state index contributed by atoms with van der Waals surface area (Å²) in [5.41, 5.74) is 0.175. The summed E-state index contributed by atoms with van der Waals surface area (Å²) in [5, 5.41) is 10.8. The van der Waals surface area contributed by atoms with Gasteiger partial charge in [0.05, 0.1) is 17.1 Å². The van der Waals surface area contributed by atoms with Gasteiger partial charge in [0, 0.05) is 11.8 Å². The number of ether oxygens (including phenoxy) is 1. The summed E-state index contributed by atoms with van der Waals surface area (Å²) >= 11 is 1.50. The Morgan fingerprint density at radius 1 is 1.39 bits per heavy atom. The topological polar surface area (TPSA) is 42.4 Å². The Balaban J connectivity index is 2.31. The average molecular weight is 263 g/mol. The van der Waals surface area contributed by atoms with E-state index in [1.807, 2.05) is 31.2 Å². The molecule has 4 heteroatoms. The minimum atomic E-state index is -0.840. The molecule has 0 aliphatic carbocycles. The summed E-state index contributed by atoms with van der Waals surface area (Å²) in [4.78, 5) is 5.22. The zero-order valence-corrected chi connectivity index (χ0v) is 11.6. The minimum Gasteiger partial charge on any atom is -0.494 e. The first-order chi connectivity index (χ1) is 8.50. The van der Waals surface area contributed by atoms with Gasteiger partial charge in [-0.25, -0.2) is 4.98 Å². The van der Waals surface area contributed by atoms with Crippen LogP contribution in [0.25, 0.3) is 10.6 Å². The number of hydrogen-bond donors (Lipinski definition) is 1. The Hall–Kier alpha value is -1.39. The third-order valence-electron chi connectivity index (χ3n) is 2.50. The molecule has 96 valence electrons. The van der Waals surface area contributed by atoms with Crippen molar-refractivity contribution in [2.24, 2.45) is 0 Å². The SMILES string of the molecule is CCOc1cccc(-c2ncc(C(C)(C)O)s2)c1. The Labute approximate surface area is 111 Å². The lowest BCUT2D eigenvalue weighted by Crippen LogP contribution is -2.12. The van der Waals surface area contributed by atoms with Gasteiger partial charge in [0.1, 0.15) is 10.8 Å². The van der Waals surface area contributed by atoms with Gasteiger partial charge in [-0.3, -0.25) is 0 Å². The minimum absolute atomic E-state index is 0.649. The lowest BCUT2D eigenvalue weighted by atomic mass is 10.1. The lowest BCUT2D eigenvalue weighted by molar-refractivity contribution is 0.0823. The molecule has 0 bridgehead atoms. The summed E-state index contributed by atoms with van der Waals surface area (Å²) in [6.07, 6.45) is 1.73. The van der Waals surface area contributed by atoms with Gasteiger partial charge in [-0.1, -0.05) is 12.1 Å². The number of benzene rings is 1. The quantitative estimate of drug-likeness (QED) is 0.918. The summed E-state index contributed by atoms with van der Waals surface area (Å²) < 4.78 is 5.47. The van der Waals surface area contributed by atoms with Gasteiger partial charge < -0.3 is 9.84 Å². The number of hydrogen-bond acceptors (Lipinski definition) is 4. The molecule has 3 nitrogen and oxygen atoms in total. The largest absolute Gasteiger partial charge is 0.494 e. The normalized spacial score (nSPS) is 11.6. The molecule has 2 aromatic rings. The van der Waals surface area contributed by atoms with Crippen molar-refractivity contribution in [1.82, 2.24) is 4.98 Å². The zero-order valence-electron chi connectivity index (χ0n) is 10.8.